The summed E-state index contributed by atoms with van der Waals surface area (Å²) in [5, 5.41) is 8.26. The van der Waals surface area contributed by atoms with Crippen molar-refractivity contribution in [3.63, 3.8) is 0 Å². The molecule has 3 aromatic heterocycles. The molecule has 0 N–H and O–H groups in total. The van der Waals surface area contributed by atoms with Crippen molar-refractivity contribution in [1.29, 1.82) is 0 Å². The molecule has 7 aromatic carbocycles. The summed E-state index contributed by atoms with van der Waals surface area (Å²) >= 11 is 0. The fraction of sp³-hybridized carbons (Fsp3) is 0. The number of hydrogen-bond donors (Lipinski definition) is 0. The highest BCUT2D eigenvalue weighted by Gasteiger charge is 2.27. The lowest BCUT2D eigenvalue weighted by molar-refractivity contribution is 0.652. The van der Waals surface area contributed by atoms with Gasteiger partial charge in [0.25, 0.3) is 0 Å². The van der Waals surface area contributed by atoms with E-state index in [-0.39, 0.29) is 0 Å². The van der Waals surface area contributed by atoms with Crippen molar-refractivity contribution < 1.29 is 4.42 Å². The molecule has 4 heteroatoms. The Bertz CT molecular complexity index is 2820. The summed E-state index contributed by atoms with van der Waals surface area (Å²) in [7, 11) is 0. The summed E-state index contributed by atoms with van der Waals surface area (Å²) < 4.78 is 8.79. The van der Waals surface area contributed by atoms with Gasteiger partial charge in [0.05, 0.1) is 11.0 Å². The molecule has 11 rings (SSSR count). The number of nitrogens with zero attached hydrogens (tertiary/aromatic N) is 3. The minimum Gasteiger partial charge on any atom is -0.436 e. The first-order chi connectivity index (χ1) is 22.8. The molecule has 10 aromatic rings. The SMILES string of the molecule is c1ccc(-c2nc3c(nc2-n2c4cccc5c4c4c(cccc42)-c2cccc4cccc-5c24)oc2cc4ccccc4cc23)cc1. The van der Waals surface area contributed by atoms with Crippen LogP contribution in [0.4, 0.5) is 0 Å². The van der Waals surface area contributed by atoms with Crippen LogP contribution in [0.5, 0.6) is 0 Å². The van der Waals surface area contributed by atoms with Gasteiger partial charge in [-0.05, 0) is 68.1 Å². The Balaban J connectivity index is 1.31. The van der Waals surface area contributed by atoms with Crippen LogP contribution in [0.15, 0.2) is 144 Å². The molecule has 0 bridgehead atoms. The van der Waals surface area contributed by atoms with Crippen LogP contribution < -0.4 is 0 Å². The molecule has 0 radical (unpaired) electrons. The molecule has 46 heavy (non-hydrogen) atoms. The van der Waals surface area contributed by atoms with E-state index >= 15 is 0 Å². The quantitative estimate of drug-likeness (QED) is 0.203. The van der Waals surface area contributed by atoms with E-state index in [4.69, 9.17) is 14.4 Å². The lowest BCUT2D eigenvalue weighted by Crippen LogP contribution is -2.03. The van der Waals surface area contributed by atoms with Crippen LogP contribution in [-0.2, 0) is 0 Å². The number of fused-ring (bicyclic) bond motifs is 6. The first-order valence-electron chi connectivity index (χ1n) is 15.6. The second kappa shape index (κ2) is 8.68. The van der Waals surface area contributed by atoms with Crippen molar-refractivity contribution in [2.24, 2.45) is 0 Å². The maximum atomic E-state index is 6.49. The van der Waals surface area contributed by atoms with Crippen LogP contribution in [0.3, 0.4) is 0 Å². The molecular formula is C42H23N3O. The summed E-state index contributed by atoms with van der Waals surface area (Å²) in [5.74, 6) is 0.753. The molecule has 0 saturated carbocycles. The van der Waals surface area contributed by atoms with E-state index in [2.05, 4.69) is 138 Å². The third-order valence-electron chi connectivity index (χ3n) is 9.72. The van der Waals surface area contributed by atoms with Crippen LogP contribution in [0.25, 0.3) is 105 Å². The fourth-order valence-corrected chi connectivity index (χ4v) is 7.77. The average molecular weight is 586 g/mol. The normalized spacial score (nSPS) is 12.3. The molecule has 212 valence electrons. The van der Waals surface area contributed by atoms with Crippen molar-refractivity contribution in [3.05, 3.63) is 140 Å². The molecule has 4 nitrogen and oxygen atoms in total. The molecule has 0 saturated heterocycles. The van der Waals surface area contributed by atoms with Gasteiger partial charge >= 0.3 is 0 Å². The third kappa shape index (κ3) is 3.07. The second-order valence-corrected chi connectivity index (χ2v) is 12.2. The Morgan fingerprint density at radius 1 is 0.478 bits per heavy atom. The number of hydrogen-bond acceptors (Lipinski definition) is 3. The smallest absolute Gasteiger partial charge is 0.248 e. The maximum absolute atomic E-state index is 6.49. The Morgan fingerprint density at radius 2 is 1.04 bits per heavy atom. The van der Waals surface area contributed by atoms with Gasteiger partial charge in [-0.1, -0.05) is 115 Å². The van der Waals surface area contributed by atoms with Gasteiger partial charge in [-0.3, -0.25) is 4.57 Å². The molecule has 0 atom stereocenters. The van der Waals surface area contributed by atoms with Gasteiger partial charge in [-0.25, -0.2) is 4.98 Å². The average Bonchev–Trinajstić information content (AvgIpc) is 3.60. The second-order valence-electron chi connectivity index (χ2n) is 12.2. The van der Waals surface area contributed by atoms with Gasteiger partial charge < -0.3 is 4.42 Å². The monoisotopic (exact) mass is 585 g/mol. The Hall–Kier alpha value is -6.26. The van der Waals surface area contributed by atoms with E-state index < -0.39 is 0 Å². The van der Waals surface area contributed by atoms with Gasteiger partial charge in [0.15, 0.2) is 5.82 Å². The molecule has 0 aliphatic heterocycles. The Labute approximate surface area is 262 Å². The topological polar surface area (TPSA) is 43.9 Å². The molecule has 1 aliphatic carbocycles. The zero-order valence-corrected chi connectivity index (χ0v) is 24.5. The van der Waals surface area contributed by atoms with Crippen LogP contribution in [0, 0.1) is 0 Å². The molecule has 3 heterocycles. The summed E-state index contributed by atoms with van der Waals surface area (Å²) in [5.41, 5.74) is 11.1. The number of furan rings is 1. The van der Waals surface area contributed by atoms with Crippen LogP contribution in [0.2, 0.25) is 0 Å². The van der Waals surface area contributed by atoms with Gasteiger partial charge in [0.1, 0.15) is 16.8 Å². The zero-order chi connectivity index (χ0) is 29.9. The van der Waals surface area contributed by atoms with Gasteiger partial charge in [0.2, 0.25) is 5.71 Å². The molecule has 0 fully saturated rings. The predicted molar refractivity (Wildman–Crippen MR) is 189 cm³/mol. The first-order valence-corrected chi connectivity index (χ1v) is 15.6. The highest BCUT2D eigenvalue weighted by molar-refractivity contribution is 6.27. The van der Waals surface area contributed by atoms with Crippen molar-refractivity contribution >= 4 is 65.6 Å². The van der Waals surface area contributed by atoms with Crippen molar-refractivity contribution in [2.45, 2.75) is 0 Å². The zero-order valence-electron chi connectivity index (χ0n) is 24.5. The molecule has 0 amide bonds. The molecular weight excluding hydrogens is 562 g/mol. The van der Waals surface area contributed by atoms with Crippen molar-refractivity contribution in [3.8, 4) is 39.3 Å². The van der Waals surface area contributed by atoms with Crippen LogP contribution in [0.1, 0.15) is 0 Å². The van der Waals surface area contributed by atoms with E-state index in [1.54, 1.807) is 0 Å². The van der Waals surface area contributed by atoms with E-state index in [9.17, 15) is 0 Å². The number of aromatic nitrogens is 3. The van der Waals surface area contributed by atoms with Gasteiger partial charge in [0, 0.05) is 21.7 Å². The van der Waals surface area contributed by atoms with E-state index in [0.29, 0.717) is 5.71 Å². The lowest BCUT2D eigenvalue weighted by Gasteiger charge is -2.14. The third-order valence-corrected chi connectivity index (χ3v) is 9.72. The van der Waals surface area contributed by atoms with Gasteiger partial charge in [-0.2, -0.15) is 4.98 Å². The maximum Gasteiger partial charge on any atom is 0.248 e. The molecule has 0 unspecified atom stereocenters. The summed E-state index contributed by atoms with van der Waals surface area (Å²) in [4.78, 5) is 10.7. The minimum atomic E-state index is 0.532. The summed E-state index contributed by atoms with van der Waals surface area (Å²) in [6.45, 7) is 0. The van der Waals surface area contributed by atoms with Gasteiger partial charge in [-0.15, -0.1) is 0 Å². The number of benzene rings is 7. The van der Waals surface area contributed by atoms with Crippen LogP contribution >= 0.6 is 0 Å². The summed E-state index contributed by atoms with van der Waals surface area (Å²) in [6.07, 6.45) is 0. The molecule has 0 spiro atoms. The number of rotatable bonds is 2. The van der Waals surface area contributed by atoms with Crippen molar-refractivity contribution in [1.82, 2.24) is 14.5 Å². The first kappa shape index (κ1) is 24.1. The standard InChI is InChI=1S/C42H23N3O/c1-2-10-25(11-3-1)39-41(44-42-40(43-39)32-22-26-12-4-5-13-27(26)23-35(32)46-42)45-33-20-8-18-30-28-16-6-14-24-15-7-17-29(36(24)28)31-19-9-21-34(45)38(31)37(30)33/h1-23H. The van der Waals surface area contributed by atoms with E-state index in [1.165, 1.54) is 43.8 Å². The minimum absolute atomic E-state index is 0.532. The predicted octanol–water partition coefficient (Wildman–Crippen LogP) is 11.1. The van der Waals surface area contributed by atoms with Crippen molar-refractivity contribution in [2.75, 3.05) is 0 Å². The highest BCUT2D eigenvalue weighted by atomic mass is 16.3. The lowest BCUT2D eigenvalue weighted by atomic mass is 9.93. The fourth-order valence-electron chi connectivity index (χ4n) is 7.77. The highest BCUT2D eigenvalue weighted by Crippen LogP contribution is 2.49. The van der Waals surface area contributed by atoms with E-state index in [1.807, 2.05) is 6.07 Å². The Morgan fingerprint density at radius 3 is 1.72 bits per heavy atom. The Kier molecular flexibility index (Phi) is 4.55. The largest absolute Gasteiger partial charge is 0.436 e. The van der Waals surface area contributed by atoms with Crippen LogP contribution in [-0.4, -0.2) is 14.5 Å². The summed E-state index contributed by atoms with van der Waals surface area (Å²) in [6, 6.07) is 49.6. The molecule has 1 aliphatic rings. The van der Waals surface area contributed by atoms with E-state index in [0.717, 1.165) is 55.4 Å².